The third-order valence-electron chi connectivity index (χ3n) is 7.52. The molecule has 0 saturated heterocycles. The zero-order valence-electron chi connectivity index (χ0n) is 27.1. The van der Waals surface area contributed by atoms with Crippen LogP contribution < -0.4 is 19.6 Å². The maximum Gasteiger partial charge on any atom is 0.338 e. The highest BCUT2D eigenvalue weighted by Crippen LogP contribution is 2.36. The second-order valence-corrected chi connectivity index (χ2v) is 13.0. The summed E-state index contributed by atoms with van der Waals surface area (Å²) in [7, 11) is 0. The van der Waals surface area contributed by atoms with E-state index >= 15 is 0 Å². The lowest BCUT2D eigenvalue weighted by atomic mass is 9.93. The van der Waals surface area contributed by atoms with E-state index in [1.165, 1.54) is 10.6 Å². The van der Waals surface area contributed by atoms with Gasteiger partial charge in [0.05, 0.1) is 44.9 Å². The van der Waals surface area contributed by atoms with Gasteiger partial charge in [-0.2, -0.15) is 0 Å². The molecule has 6 rings (SSSR count). The van der Waals surface area contributed by atoms with Crippen molar-refractivity contribution < 1.29 is 19.2 Å². The molecule has 0 spiro atoms. The smallest absolute Gasteiger partial charge is 0.338 e. The highest BCUT2D eigenvalue weighted by molar-refractivity contribution is 7.99. The number of fused-ring (bicyclic) bond motifs is 1. The van der Waals surface area contributed by atoms with Crippen molar-refractivity contribution in [3.8, 4) is 5.75 Å². The number of nitro benzene ring substituents is 1. The summed E-state index contributed by atoms with van der Waals surface area (Å²) in [6.07, 6.45) is 1.60. The summed E-state index contributed by atoms with van der Waals surface area (Å²) in [6.45, 7) is 7.90. The molecule has 0 radical (unpaired) electrons. The van der Waals surface area contributed by atoms with E-state index in [0.717, 1.165) is 34.5 Å². The van der Waals surface area contributed by atoms with Gasteiger partial charge in [0.2, 0.25) is 0 Å². The standard InChI is InChI=1S/C36H31N5O6S2/c1-5-46-26-15-13-25(14-16-26)32-30(34(43)47-6-2)31(24-10-8-7-9-11-24)39-36-40(32)33(42)29(49-36)20-23-12-17-28(27(19-23)41(44)45)48-35-37-21(3)18-22(4)38-35/h7-20,32H,5-6H2,1-4H3/b29-20-/t32-/m1/s1. The molecular formula is C36H31N5O6S2. The maximum absolute atomic E-state index is 14.3. The molecule has 49 heavy (non-hydrogen) atoms. The molecule has 0 N–H and O–H groups in total. The van der Waals surface area contributed by atoms with Crippen LogP contribution in [0.5, 0.6) is 5.75 Å². The predicted molar refractivity (Wildman–Crippen MR) is 187 cm³/mol. The summed E-state index contributed by atoms with van der Waals surface area (Å²) in [4.78, 5) is 54.1. The molecule has 5 aromatic rings. The number of carbonyl (C=O) groups is 1. The van der Waals surface area contributed by atoms with Crippen LogP contribution in [0.4, 0.5) is 5.69 Å². The minimum atomic E-state index is -0.866. The van der Waals surface area contributed by atoms with E-state index in [2.05, 4.69) is 9.97 Å². The van der Waals surface area contributed by atoms with Crippen LogP contribution in [-0.4, -0.2) is 38.6 Å². The van der Waals surface area contributed by atoms with Crippen LogP contribution in [0.3, 0.4) is 0 Å². The lowest BCUT2D eigenvalue weighted by molar-refractivity contribution is -0.387. The van der Waals surface area contributed by atoms with Crippen molar-refractivity contribution in [3.63, 3.8) is 0 Å². The first-order chi connectivity index (χ1) is 23.7. The summed E-state index contributed by atoms with van der Waals surface area (Å²) in [5.41, 5.74) is 3.40. The van der Waals surface area contributed by atoms with E-state index in [-0.39, 0.29) is 17.9 Å². The van der Waals surface area contributed by atoms with Gasteiger partial charge in [-0.05, 0) is 80.9 Å². The first-order valence-corrected chi connectivity index (χ1v) is 17.1. The topological polar surface area (TPSA) is 139 Å². The first kappa shape index (κ1) is 33.5. The van der Waals surface area contributed by atoms with Crippen molar-refractivity contribution in [2.75, 3.05) is 13.2 Å². The van der Waals surface area contributed by atoms with E-state index < -0.39 is 22.5 Å². The van der Waals surface area contributed by atoms with E-state index in [1.54, 1.807) is 37.3 Å². The monoisotopic (exact) mass is 693 g/mol. The van der Waals surface area contributed by atoms with E-state index in [4.69, 9.17) is 14.5 Å². The number of nitro groups is 1. The molecule has 0 saturated carbocycles. The first-order valence-electron chi connectivity index (χ1n) is 15.5. The van der Waals surface area contributed by atoms with Gasteiger partial charge in [0, 0.05) is 23.0 Å². The fraction of sp³-hybridized carbons (Fsp3) is 0.194. The lowest BCUT2D eigenvalue weighted by Gasteiger charge is -2.26. The maximum atomic E-state index is 14.3. The van der Waals surface area contributed by atoms with Crippen LogP contribution in [0, 0.1) is 24.0 Å². The normalized spacial score (nSPS) is 14.3. The Balaban J connectivity index is 1.52. The fourth-order valence-corrected chi connectivity index (χ4v) is 7.46. The van der Waals surface area contributed by atoms with E-state index in [0.29, 0.717) is 54.1 Å². The molecule has 3 heterocycles. The summed E-state index contributed by atoms with van der Waals surface area (Å²) in [5, 5.41) is 12.6. The SMILES string of the molecule is CCOC(=O)C1=C(c2ccccc2)N=c2s/c(=C\c3ccc(Sc4nc(C)cc(C)n4)c([N+](=O)[O-])c3)c(=O)n2[C@@H]1c1ccc(OCC)cc1. The third kappa shape index (κ3) is 7.08. The quantitative estimate of drug-likeness (QED) is 0.0769. The summed E-state index contributed by atoms with van der Waals surface area (Å²) in [5.74, 6) is 0.0608. The van der Waals surface area contributed by atoms with Crippen molar-refractivity contribution in [1.82, 2.24) is 14.5 Å². The van der Waals surface area contributed by atoms with Gasteiger partial charge in [0.15, 0.2) is 9.96 Å². The molecule has 0 unspecified atom stereocenters. The van der Waals surface area contributed by atoms with Crippen LogP contribution >= 0.6 is 23.1 Å². The number of aromatic nitrogens is 3. The van der Waals surface area contributed by atoms with Gasteiger partial charge in [0.1, 0.15) is 5.75 Å². The Hall–Kier alpha value is -5.40. The van der Waals surface area contributed by atoms with Crippen molar-refractivity contribution in [2.24, 2.45) is 4.99 Å². The average molecular weight is 694 g/mol. The van der Waals surface area contributed by atoms with Crippen LogP contribution in [0.15, 0.2) is 104 Å². The van der Waals surface area contributed by atoms with Crippen molar-refractivity contribution >= 4 is 46.5 Å². The Morgan fingerprint density at radius 3 is 2.37 bits per heavy atom. The number of benzene rings is 3. The van der Waals surface area contributed by atoms with Crippen LogP contribution in [0.1, 0.15) is 48.0 Å². The Morgan fingerprint density at radius 2 is 1.71 bits per heavy atom. The fourth-order valence-electron chi connectivity index (χ4n) is 5.51. The second kappa shape index (κ2) is 14.4. The number of esters is 1. The van der Waals surface area contributed by atoms with Crippen LogP contribution in [-0.2, 0) is 9.53 Å². The molecule has 3 aromatic carbocycles. The predicted octanol–water partition coefficient (Wildman–Crippen LogP) is 5.80. The van der Waals surface area contributed by atoms with Gasteiger partial charge in [-0.25, -0.2) is 19.8 Å². The zero-order valence-corrected chi connectivity index (χ0v) is 28.7. The van der Waals surface area contributed by atoms with Crippen LogP contribution in [0.2, 0.25) is 0 Å². The molecule has 0 fully saturated rings. The minimum absolute atomic E-state index is 0.132. The number of hydrogen-bond donors (Lipinski definition) is 0. The molecule has 1 atom stereocenters. The van der Waals surface area contributed by atoms with Gasteiger partial charge >= 0.3 is 5.97 Å². The number of carbonyl (C=O) groups excluding carboxylic acids is 1. The highest BCUT2D eigenvalue weighted by Gasteiger charge is 2.35. The number of ether oxygens (including phenoxy) is 2. The summed E-state index contributed by atoms with van der Waals surface area (Å²) in [6, 6.07) is 22.2. The second-order valence-electron chi connectivity index (χ2n) is 11.0. The highest BCUT2D eigenvalue weighted by atomic mass is 32.2. The van der Waals surface area contributed by atoms with Gasteiger partial charge < -0.3 is 9.47 Å². The Bertz CT molecular complexity index is 2260. The number of rotatable bonds is 10. The van der Waals surface area contributed by atoms with Crippen molar-refractivity contribution in [3.05, 3.63) is 142 Å². The van der Waals surface area contributed by atoms with Gasteiger partial charge in [-0.3, -0.25) is 19.5 Å². The number of aryl methyl sites for hydroxylation is 2. The molecule has 248 valence electrons. The van der Waals surface area contributed by atoms with Gasteiger partial charge in [-0.15, -0.1) is 0 Å². The van der Waals surface area contributed by atoms with E-state index in [9.17, 15) is 19.7 Å². The molecule has 1 aliphatic rings. The average Bonchev–Trinajstić information content (AvgIpc) is 3.39. The number of nitrogens with zero attached hydrogens (tertiary/aromatic N) is 5. The van der Waals surface area contributed by atoms with Crippen molar-refractivity contribution in [1.29, 1.82) is 0 Å². The molecular weight excluding hydrogens is 663 g/mol. The number of hydrogen-bond acceptors (Lipinski definition) is 11. The van der Waals surface area contributed by atoms with Gasteiger partial charge in [0.25, 0.3) is 11.2 Å². The molecule has 0 bridgehead atoms. The summed E-state index contributed by atoms with van der Waals surface area (Å²) >= 11 is 2.24. The molecule has 1 aliphatic heterocycles. The molecule has 11 nitrogen and oxygen atoms in total. The molecule has 0 amide bonds. The molecule has 2 aromatic heterocycles. The Morgan fingerprint density at radius 1 is 1.00 bits per heavy atom. The Kier molecular flexibility index (Phi) is 9.83. The van der Waals surface area contributed by atoms with Crippen LogP contribution in [0.25, 0.3) is 11.8 Å². The molecule has 0 aliphatic carbocycles. The molecule has 13 heteroatoms. The summed E-state index contributed by atoms with van der Waals surface area (Å²) < 4.78 is 13.0. The zero-order chi connectivity index (χ0) is 34.7. The largest absolute Gasteiger partial charge is 0.494 e. The van der Waals surface area contributed by atoms with Crippen molar-refractivity contribution in [2.45, 2.75) is 43.8 Å². The minimum Gasteiger partial charge on any atom is -0.494 e. The van der Waals surface area contributed by atoms with Gasteiger partial charge in [-0.1, -0.05) is 59.9 Å². The number of thiazole rings is 1. The Labute approximate surface area is 289 Å². The lowest BCUT2D eigenvalue weighted by Crippen LogP contribution is -2.40. The van der Waals surface area contributed by atoms with E-state index in [1.807, 2.05) is 69.3 Å². The third-order valence-corrected chi connectivity index (χ3v) is 9.43.